The Labute approximate surface area is 125 Å². The van der Waals surface area contributed by atoms with Crippen molar-refractivity contribution in [3.63, 3.8) is 0 Å². The second kappa shape index (κ2) is 5.33. The Morgan fingerprint density at radius 3 is 2.50 bits per heavy atom. The Hall–Kier alpha value is -3.15. The zero-order chi connectivity index (χ0) is 15.7. The number of rotatable bonds is 3. The molecular formula is C16H13N3O3. The van der Waals surface area contributed by atoms with Crippen LogP contribution in [0.5, 0.6) is 0 Å². The number of nitrogens with one attached hydrogen (secondary N) is 2. The first-order valence-electron chi connectivity index (χ1n) is 6.68. The molecule has 0 fully saturated rings. The van der Waals surface area contributed by atoms with Gasteiger partial charge >= 0.3 is 0 Å². The number of nitro benzene ring substituents is 1. The fraction of sp³-hybridized carbons (Fsp3) is 0.0625. The van der Waals surface area contributed by atoms with Crippen molar-refractivity contribution in [1.29, 1.82) is 0 Å². The predicted octanol–water partition coefficient (Wildman–Crippen LogP) is 3.10. The molecule has 0 spiro atoms. The maximum atomic E-state index is 11.6. The quantitative estimate of drug-likeness (QED) is 0.575. The van der Waals surface area contributed by atoms with Gasteiger partial charge < -0.3 is 10.3 Å². The molecule has 1 heterocycles. The van der Waals surface area contributed by atoms with Crippen LogP contribution in [0.2, 0.25) is 0 Å². The topological polar surface area (TPSA) is 88.0 Å². The van der Waals surface area contributed by atoms with Gasteiger partial charge in [0, 0.05) is 41.3 Å². The van der Waals surface area contributed by atoms with Crippen LogP contribution in [-0.2, 0) is 0 Å². The number of fused-ring (bicyclic) bond motifs is 1. The van der Waals surface area contributed by atoms with Crippen LogP contribution < -0.4 is 5.32 Å². The Morgan fingerprint density at radius 2 is 1.86 bits per heavy atom. The fourth-order valence-electron chi connectivity index (χ4n) is 2.33. The number of amides is 1. The van der Waals surface area contributed by atoms with Crippen molar-refractivity contribution in [1.82, 2.24) is 10.3 Å². The average Bonchev–Trinajstić information content (AvgIpc) is 2.97. The van der Waals surface area contributed by atoms with Crippen molar-refractivity contribution < 1.29 is 9.72 Å². The van der Waals surface area contributed by atoms with E-state index in [2.05, 4.69) is 10.3 Å². The summed E-state index contributed by atoms with van der Waals surface area (Å²) < 4.78 is 0. The van der Waals surface area contributed by atoms with E-state index >= 15 is 0 Å². The first kappa shape index (κ1) is 13.8. The van der Waals surface area contributed by atoms with Crippen molar-refractivity contribution in [2.45, 2.75) is 0 Å². The molecule has 2 N–H and O–H groups in total. The summed E-state index contributed by atoms with van der Waals surface area (Å²) in [5, 5.41) is 14.2. The van der Waals surface area contributed by atoms with E-state index in [-0.39, 0.29) is 11.6 Å². The van der Waals surface area contributed by atoms with Gasteiger partial charge in [-0.25, -0.2) is 0 Å². The van der Waals surface area contributed by atoms with Gasteiger partial charge in [-0.05, 0) is 35.9 Å². The van der Waals surface area contributed by atoms with Gasteiger partial charge in [-0.15, -0.1) is 0 Å². The molecular weight excluding hydrogens is 282 g/mol. The molecule has 0 aliphatic heterocycles. The first-order valence-corrected chi connectivity index (χ1v) is 6.68. The Bertz CT molecular complexity index is 866. The maximum Gasteiger partial charge on any atom is 0.269 e. The van der Waals surface area contributed by atoms with Crippen molar-refractivity contribution in [3.05, 3.63) is 64.2 Å². The van der Waals surface area contributed by atoms with Crippen molar-refractivity contribution >= 4 is 22.5 Å². The Kier molecular flexibility index (Phi) is 3.34. The smallest absolute Gasteiger partial charge is 0.269 e. The summed E-state index contributed by atoms with van der Waals surface area (Å²) in [6, 6.07) is 13.7. The van der Waals surface area contributed by atoms with Gasteiger partial charge in [-0.3, -0.25) is 14.9 Å². The lowest BCUT2D eigenvalue weighted by Crippen LogP contribution is -2.17. The molecule has 2 aromatic carbocycles. The molecule has 0 bridgehead atoms. The van der Waals surface area contributed by atoms with E-state index < -0.39 is 4.92 Å². The van der Waals surface area contributed by atoms with Crippen molar-refractivity contribution in [3.8, 4) is 11.3 Å². The number of carbonyl (C=O) groups is 1. The zero-order valence-electron chi connectivity index (χ0n) is 11.8. The van der Waals surface area contributed by atoms with Gasteiger partial charge in [-0.1, -0.05) is 6.07 Å². The molecule has 1 aromatic heterocycles. The third-order valence-corrected chi connectivity index (χ3v) is 3.50. The second-order valence-corrected chi connectivity index (χ2v) is 4.87. The molecule has 0 radical (unpaired) electrons. The molecule has 0 unspecified atom stereocenters. The highest BCUT2D eigenvalue weighted by molar-refractivity contribution is 5.98. The van der Waals surface area contributed by atoms with Crippen LogP contribution >= 0.6 is 0 Å². The fourth-order valence-corrected chi connectivity index (χ4v) is 2.33. The lowest BCUT2D eigenvalue weighted by molar-refractivity contribution is -0.384. The summed E-state index contributed by atoms with van der Waals surface area (Å²) in [5.41, 5.74) is 3.17. The molecule has 3 aromatic rings. The third kappa shape index (κ3) is 2.42. The normalized spacial score (nSPS) is 10.6. The van der Waals surface area contributed by atoms with E-state index in [0.717, 1.165) is 22.2 Å². The van der Waals surface area contributed by atoms with Gasteiger partial charge in [0.2, 0.25) is 0 Å². The van der Waals surface area contributed by atoms with Crippen molar-refractivity contribution in [2.24, 2.45) is 0 Å². The minimum absolute atomic E-state index is 0.0572. The van der Waals surface area contributed by atoms with E-state index in [1.54, 1.807) is 31.3 Å². The number of carbonyl (C=O) groups excluding carboxylic acids is 1. The van der Waals surface area contributed by atoms with Crippen molar-refractivity contribution in [2.75, 3.05) is 7.05 Å². The molecule has 6 heteroatoms. The number of aromatic amines is 1. The van der Waals surface area contributed by atoms with Crippen LogP contribution in [0.1, 0.15) is 10.4 Å². The molecule has 3 rings (SSSR count). The molecule has 1 amide bonds. The largest absolute Gasteiger partial charge is 0.355 e. The predicted molar refractivity (Wildman–Crippen MR) is 83.8 cm³/mol. The summed E-state index contributed by atoms with van der Waals surface area (Å²) in [5.74, 6) is -0.145. The van der Waals surface area contributed by atoms with Crippen LogP contribution in [0.3, 0.4) is 0 Å². The van der Waals surface area contributed by atoms with Gasteiger partial charge in [-0.2, -0.15) is 0 Å². The highest BCUT2D eigenvalue weighted by Gasteiger charge is 2.09. The molecule has 0 saturated carbocycles. The second-order valence-electron chi connectivity index (χ2n) is 4.87. The minimum Gasteiger partial charge on any atom is -0.355 e. The van der Waals surface area contributed by atoms with E-state index in [1.807, 2.05) is 12.1 Å². The van der Waals surface area contributed by atoms with Crippen LogP contribution in [-0.4, -0.2) is 22.9 Å². The Balaban J connectivity index is 2.01. The number of nitro groups is 1. The standard InChI is InChI=1S/C16H13N3O3/c1-17-16(20)12-3-2-11-8-14(18-15(11)9-12)10-4-6-13(7-5-10)19(21)22/h2-9,18H,1H3,(H,17,20). The number of aromatic nitrogens is 1. The molecule has 6 nitrogen and oxygen atoms in total. The van der Waals surface area contributed by atoms with E-state index in [0.29, 0.717) is 5.56 Å². The van der Waals surface area contributed by atoms with E-state index in [4.69, 9.17) is 0 Å². The maximum absolute atomic E-state index is 11.6. The summed E-state index contributed by atoms with van der Waals surface area (Å²) >= 11 is 0. The summed E-state index contributed by atoms with van der Waals surface area (Å²) in [7, 11) is 1.59. The van der Waals surface area contributed by atoms with Crippen LogP contribution in [0.25, 0.3) is 22.2 Å². The van der Waals surface area contributed by atoms with E-state index in [1.165, 1.54) is 12.1 Å². The molecule has 22 heavy (non-hydrogen) atoms. The molecule has 0 saturated heterocycles. The number of non-ortho nitro benzene ring substituents is 1. The molecule has 0 aliphatic rings. The number of hydrogen-bond acceptors (Lipinski definition) is 3. The van der Waals surface area contributed by atoms with Crippen LogP contribution in [0.4, 0.5) is 5.69 Å². The highest BCUT2D eigenvalue weighted by atomic mass is 16.6. The minimum atomic E-state index is -0.426. The highest BCUT2D eigenvalue weighted by Crippen LogP contribution is 2.26. The van der Waals surface area contributed by atoms with Gasteiger partial charge in [0.25, 0.3) is 11.6 Å². The number of H-pyrrole nitrogens is 1. The van der Waals surface area contributed by atoms with Gasteiger partial charge in [0.15, 0.2) is 0 Å². The van der Waals surface area contributed by atoms with Crippen LogP contribution in [0.15, 0.2) is 48.5 Å². The average molecular weight is 295 g/mol. The number of benzene rings is 2. The molecule has 0 aliphatic carbocycles. The monoisotopic (exact) mass is 295 g/mol. The summed E-state index contributed by atoms with van der Waals surface area (Å²) in [6.07, 6.45) is 0. The third-order valence-electron chi connectivity index (χ3n) is 3.50. The summed E-state index contributed by atoms with van der Waals surface area (Å²) in [6.45, 7) is 0. The molecule has 110 valence electrons. The van der Waals surface area contributed by atoms with Crippen LogP contribution in [0, 0.1) is 10.1 Å². The number of hydrogen-bond donors (Lipinski definition) is 2. The summed E-state index contributed by atoms with van der Waals surface area (Å²) in [4.78, 5) is 25.1. The van der Waals surface area contributed by atoms with Gasteiger partial charge in [0.1, 0.15) is 0 Å². The van der Waals surface area contributed by atoms with E-state index in [9.17, 15) is 14.9 Å². The molecule has 0 atom stereocenters. The lowest BCUT2D eigenvalue weighted by atomic mass is 10.1. The van der Waals surface area contributed by atoms with Gasteiger partial charge in [0.05, 0.1) is 4.92 Å². The zero-order valence-corrected chi connectivity index (χ0v) is 11.8. The Morgan fingerprint density at radius 1 is 1.14 bits per heavy atom. The number of nitrogens with zero attached hydrogens (tertiary/aromatic N) is 1. The SMILES string of the molecule is CNC(=O)c1ccc2cc(-c3ccc([N+](=O)[O-])cc3)[nH]c2c1. The lowest BCUT2D eigenvalue weighted by Gasteiger charge is -1.99. The first-order chi connectivity index (χ1) is 10.6.